The van der Waals surface area contributed by atoms with Crippen LogP contribution in [0.3, 0.4) is 0 Å². The number of carbonyl (C=O) groups is 1. The lowest BCUT2D eigenvalue weighted by Gasteiger charge is -2.21. The summed E-state index contributed by atoms with van der Waals surface area (Å²) in [5.74, 6) is 0. The van der Waals surface area contributed by atoms with E-state index in [2.05, 4.69) is 0 Å². The summed E-state index contributed by atoms with van der Waals surface area (Å²) in [5.41, 5.74) is 0. The van der Waals surface area contributed by atoms with Crippen LogP contribution in [-0.2, 0) is 9.47 Å². The molecule has 0 aromatic heterocycles. The summed E-state index contributed by atoms with van der Waals surface area (Å²) in [6.07, 6.45) is 6.08. The Morgan fingerprint density at radius 2 is 2.00 bits per heavy atom. The van der Waals surface area contributed by atoms with Crippen molar-refractivity contribution in [3.63, 3.8) is 0 Å². The molecule has 1 fully saturated rings. The Morgan fingerprint density at radius 3 is 2.62 bits per heavy atom. The van der Waals surface area contributed by atoms with Gasteiger partial charge in [0, 0.05) is 0 Å². The fraction of sp³-hybridized carbons (Fsp3) is 0.900. The van der Waals surface area contributed by atoms with Gasteiger partial charge in [0.05, 0.1) is 6.61 Å². The van der Waals surface area contributed by atoms with Crippen molar-refractivity contribution in [2.45, 2.75) is 51.6 Å². The largest absolute Gasteiger partial charge is 0.508 e. The highest BCUT2D eigenvalue weighted by Crippen LogP contribution is 2.20. The van der Waals surface area contributed by atoms with Gasteiger partial charge in [-0.25, -0.2) is 4.79 Å². The van der Waals surface area contributed by atoms with Crippen LogP contribution in [-0.4, -0.2) is 18.9 Å². The van der Waals surface area contributed by atoms with Crippen molar-refractivity contribution in [2.24, 2.45) is 0 Å². The van der Waals surface area contributed by atoms with Crippen molar-refractivity contribution >= 4 is 6.16 Å². The van der Waals surface area contributed by atoms with E-state index in [4.69, 9.17) is 9.47 Å². The van der Waals surface area contributed by atoms with Crippen LogP contribution in [0.25, 0.3) is 0 Å². The van der Waals surface area contributed by atoms with E-state index in [0.717, 1.165) is 19.3 Å². The van der Waals surface area contributed by atoms with Gasteiger partial charge in [0.2, 0.25) is 0 Å². The van der Waals surface area contributed by atoms with E-state index in [-0.39, 0.29) is 6.10 Å². The van der Waals surface area contributed by atoms with E-state index >= 15 is 0 Å². The Bertz CT molecular complexity index is 150. The first-order valence-electron chi connectivity index (χ1n) is 5.16. The van der Waals surface area contributed by atoms with E-state index in [1.165, 1.54) is 19.3 Å². The van der Waals surface area contributed by atoms with Gasteiger partial charge in [0.25, 0.3) is 0 Å². The van der Waals surface area contributed by atoms with Crippen LogP contribution < -0.4 is 0 Å². The molecule has 0 atom stereocenters. The van der Waals surface area contributed by atoms with Crippen molar-refractivity contribution in [3.05, 3.63) is 0 Å². The van der Waals surface area contributed by atoms with Crippen LogP contribution in [0.5, 0.6) is 0 Å². The van der Waals surface area contributed by atoms with E-state index < -0.39 is 6.16 Å². The van der Waals surface area contributed by atoms with Gasteiger partial charge in [-0.05, 0) is 32.1 Å². The molecule has 3 nitrogen and oxygen atoms in total. The minimum atomic E-state index is -0.492. The summed E-state index contributed by atoms with van der Waals surface area (Å²) < 4.78 is 9.96. The molecule has 0 unspecified atom stereocenters. The molecule has 76 valence electrons. The maximum Gasteiger partial charge on any atom is 0.508 e. The summed E-state index contributed by atoms with van der Waals surface area (Å²) in [6.45, 7) is 2.43. The van der Waals surface area contributed by atoms with Crippen LogP contribution in [0.1, 0.15) is 45.4 Å². The molecular formula is C10H18O3. The normalized spacial score (nSPS) is 18.2. The molecule has 0 aliphatic heterocycles. The van der Waals surface area contributed by atoms with Gasteiger partial charge >= 0.3 is 6.16 Å². The van der Waals surface area contributed by atoms with Gasteiger partial charge in [-0.1, -0.05) is 13.3 Å². The zero-order chi connectivity index (χ0) is 9.52. The third kappa shape index (κ3) is 4.15. The van der Waals surface area contributed by atoms with Crippen molar-refractivity contribution in [1.29, 1.82) is 0 Å². The van der Waals surface area contributed by atoms with Gasteiger partial charge in [0.1, 0.15) is 6.10 Å². The van der Waals surface area contributed by atoms with Crippen LogP contribution >= 0.6 is 0 Å². The van der Waals surface area contributed by atoms with Crippen molar-refractivity contribution in [2.75, 3.05) is 6.61 Å². The van der Waals surface area contributed by atoms with Gasteiger partial charge in [-0.15, -0.1) is 0 Å². The first-order valence-corrected chi connectivity index (χ1v) is 5.16. The SMILES string of the molecule is CCCOC(=O)OC1CCCCC1. The van der Waals surface area contributed by atoms with Crippen LogP contribution in [0.2, 0.25) is 0 Å². The molecule has 0 aromatic rings. The van der Waals surface area contributed by atoms with Gasteiger partial charge in [-0.2, -0.15) is 0 Å². The Hall–Kier alpha value is -0.730. The molecule has 1 aliphatic carbocycles. The maximum absolute atomic E-state index is 11.0. The average Bonchev–Trinajstić information content (AvgIpc) is 2.16. The smallest absolute Gasteiger partial charge is 0.434 e. The van der Waals surface area contributed by atoms with Gasteiger partial charge in [-0.3, -0.25) is 0 Å². The quantitative estimate of drug-likeness (QED) is 0.636. The van der Waals surface area contributed by atoms with Crippen molar-refractivity contribution < 1.29 is 14.3 Å². The van der Waals surface area contributed by atoms with Gasteiger partial charge in [0.15, 0.2) is 0 Å². The van der Waals surface area contributed by atoms with Crippen LogP contribution in [0.15, 0.2) is 0 Å². The van der Waals surface area contributed by atoms with Crippen LogP contribution in [0, 0.1) is 0 Å². The second-order valence-electron chi connectivity index (χ2n) is 3.48. The number of hydrogen-bond donors (Lipinski definition) is 0. The number of carbonyl (C=O) groups excluding carboxylic acids is 1. The third-order valence-corrected chi connectivity index (χ3v) is 2.24. The monoisotopic (exact) mass is 186 g/mol. The molecule has 13 heavy (non-hydrogen) atoms. The molecule has 1 saturated carbocycles. The predicted molar refractivity (Wildman–Crippen MR) is 49.6 cm³/mol. The van der Waals surface area contributed by atoms with E-state index in [9.17, 15) is 4.79 Å². The lowest BCUT2D eigenvalue weighted by atomic mass is 9.98. The molecule has 3 heteroatoms. The molecule has 0 N–H and O–H groups in total. The Balaban J connectivity index is 2.11. The Labute approximate surface area is 79.4 Å². The zero-order valence-corrected chi connectivity index (χ0v) is 8.25. The van der Waals surface area contributed by atoms with Crippen molar-refractivity contribution in [1.82, 2.24) is 0 Å². The third-order valence-electron chi connectivity index (χ3n) is 2.24. The zero-order valence-electron chi connectivity index (χ0n) is 8.25. The van der Waals surface area contributed by atoms with E-state index in [1.54, 1.807) is 0 Å². The molecule has 0 heterocycles. The van der Waals surface area contributed by atoms with Gasteiger partial charge < -0.3 is 9.47 Å². The molecule has 1 rings (SSSR count). The molecular weight excluding hydrogens is 168 g/mol. The summed E-state index contributed by atoms with van der Waals surface area (Å²) in [7, 11) is 0. The van der Waals surface area contributed by atoms with Crippen molar-refractivity contribution in [3.8, 4) is 0 Å². The Morgan fingerprint density at radius 1 is 1.31 bits per heavy atom. The number of ether oxygens (including phenoxy) is 2. The lowest BCUT2D eigenvalue weighted by Crippen LogP contribution is -2.21. The number of rotatable bonds is 3. The number of hydrogen-bond acceptors (Lipinski definition) is 3. The maximum atomic E-state index is 11.0. The fourth-order valence-corrected chi connectivity index (χ4v) is 1.54. The standard InChI is InChI=1S/C10H18O3/c1-2-8-12-10(11)13-9-6-4-3-5-7-9/h9H,2-8H2,1H3. The Kier molecular flexibility index (Phi) is 4.65. The summed E-state index contributed by atoms with van der Waals surface area (Å²) in [6, 6.07) is 0. The highest BCUT2D eigenvalue weighted by atomic mass is 16.7. The molecule has 0 aromatic carbocycles. The second-order valence-corrected chi connectivity index (χ2v) is 3.48. The first kappa shape index (κ1) is 10.4. The highest BCUT2D eigenvalue weighted by molar-refractivity contribution is 5.60. The predicted octanol–water partition coefficient (Wildman–Crippen LogP) is 2.88. The molecule has 1 aliphatic rings. The second kappa shape index (κ2) is 5.84. The minimum absolute atomic E-state index is 0.109. The summed E-state index contributed by atoms with van der Waals surface area (Å²) in [4.78, 5) is 11.0. The summed E-state index contributed by atoms with van der Waals surface area (Å²) in [5, 5.41) is 0. The summed E-state index contributed by atoms with van der Waals surface area (Å²) >= 11 is 0. The molecule has 0 spiro atoms. The molecule has 0 radical (unpaired) electrons. The average molecular weight is 186 g/mol. The molecule has 0 bridgehead atoms. The lowest BCUT2D eigenvalue weighted by molar-refractivity contribution is 0.0114. The van der Waals surface area contributed by atoms with E-state index in [0.29, 0.717) is 6.61 Å². The topological polar surface area (TPSA) is 35.5 Å². The highest BCUT2D eigenvalue weighted by Gasteiger charge is 2.17. The molecule has 0 amide bonds. The minimum Gasteiger partial charge on any atom is -0.434 e. The first-order chi connectivity index (χ1) is 6.33. The fourth-order valence-electron chi connectivity index (χ4n) is 1.54. The molecule has 0 saturated heterocycles. The van der Waals surface area contributed by atoms with Crippen LogP contribution in [0.4, 0.5) is 4.79 Å². The van der Waals surface area contributed by atoms with E-state index in [1.807, 2.05) is 6.92 Å².